The lowest BCUT2D eigenvalue weighted by atomic mass is 10.1. The normalized spacial score (nSPS) is 12.6. The van der Waals surface area contributed by atoms with E-state index >= 15 is 0 Å². The van der Waals surface area contributed by atoms with Crippen LogP contribution in [0.15, 0.2) is 30.6 Å². The van der Waals surface area contributed by atoms with E-state index in [1.807, 2.05) is 12.1 Å². The second-order valence-electron chi connectivity index (χ2n) is 3.69. The number of aliphatic hydroxyl groups excluding tert-OH is 1. The third-order valence-electron chi connectivity index (χ3n) is 2.50. The van der Waals surface area contributed by atoms with Crippen LogP contribution in [-0.4, -0.2) is 19.9 Å². The Morgan fingerprint density at radius 1 is 1.38 bits per heavy atom. The van der Waals surface area contributed by atoms with Crippen LogP contribution >= 0.6 is 0 Å². The first-order valence-corrected chi connectivity index (χ1v) is 5.03. The monoisotopic (exact) mass is 218 g/mol. The molecule has 5 nitrogen and oxygen atoms in total. The lowest BCUT2D eigenvalue weighted by Gasteiger charge is -2.10. The van der Waals surface area contributed by atoms with Gasteiger partial charge < -0.3 is 10.8 Å². The van der Waals surface area contributed by atoms with Gasteiger partial charge in [0.2, 0.25) is 0 Å². The lowest BCUT2D eigenvalue weighted by Crippen LogP contribution is -2.07. The fraction of sp³-hybridized carbons (Fsp3) is 0.273. The number of aryl methyl sites for hydroxylation is 1. The SMILES string of the molecule is Cn1ncnc1CC(O)c1ccc(N)cc1. The number of anilines is 1. The predicted octanol–water partition coefficient (Wildman–Crippen LogP) is 0.673. The summed E-state index contributed by atoms with van der Waals surface area (Å²) in [5.41, 5.74) is 7.10. The Kier molecular flexibility index (Phi) is 2.87. The molecular weight excluding hydrogens is 204 g/mol. The Bertz CT molecular complexity index is 463. The van der Waals surface area contributed by atoms with Crippen molar-refractivity contribution in [2.45, 2.75) is 12.5 Å². The maximum absolute atomic E-state index is 9.99. The molecule has 1 heterocycles. The Hall–Kier alpha value is -1.88. The summed E-state index contributed by atoms with van der Waals surface area (Å²) in [5.74, 6) is 0.754. The van der Waals surface area contributed by atoms with Gasteiger partial charge in [-0.1, -0.05) is 12.1 Å². The van der Waals surface area contributed by atoms with Gasteiger partial charge >= 0.3 is 0 Å². The fourth-order valence-corrected chi connectivity index (χ4v) is 1.51. The topological polar surface area (TPSA) is 77.0 Å². The van der Waals surface area contributed by atoms with Crippen molar-refractivity contribution in [2.24, 2.45) is 7.05 Å². The molecule has 0 saturated heterocycles. The van der Waals surface area contributed by atoms with E-state index in [1.54, 1.807) is 23.9 Å². The number of aromatic nitrogens is 3. The number of nitrogens with two attached hydrogens (primary N) is 1. The van der Waals surface area contributed by atoms with E-state index < -0.39 is 6.10 Å². The van der Waals surface area contributed by atoms with Crippen LogP contribution in [0.2, 0.25) is 0 Å². The number of nitrogens with zero attached hydrogens (tertiary/aromatic N) is 3. The highest BCUT2D eigenvalue weighted by Gasteiger charge is 2.11. The molecule has 2 aromatic rings. The van der Waals surface area contributed by atoms with Gasteiger partial charge in [0, 0.05) is 19.2 Å². The second-order valence-corrected chi connectivity index (χ2v) is 3.69. The minimum atomic E-state index is -0.580. The molecule has 3 N–H and O–H groups in total. The first kappa shape index (κ1) is 10.6. The summed E-state index contributed by atoms with van der Waals surface area (Å²) in [6.45, 7) is 0. The van der Waals surface area contributed by atoms with Crippen LogP contribution in [-0.2, 0) is 13.5 Å². The summed E-state index contributed by atoms with van der Waals surface area (Å²) in [5, 5.41) is 13.9. The van der Waals surface area contributed by atoms with E-state index in [2.05, 4.69) is 10.1 Å². The van der Waals surface area contributed by atoms with Crippen molar-refractivity contribution in [1.82, 2.24) is 14.8 Å². The maximum Gasteiger partial charge on any atom is 0.138 e. The van der Waals surface area contributed by atoms with Gasteiger partial charge in [0.25, 0.3) is 0 Å². The average molecular weight is 218 g/mol. The Labute approximate surface area is 93.5 Å². The van der Waals surface area contributed by atoms with Gasteiger partial charge in [-0.15, -0.1) is 0 Å². The van der Waals surface area contributed by atoms with E-state index in [4.69, 9.17) is 5.73 Å². The summed E-state index contributed by atoms with van der Waals surface area (Å²) in [6, 6.07) is 7.18. The summed E-state index contributed by atoms with van der Waals surface area (Å²) < 4.78 is 1.65. The number of nitrogen functional groups attached to an aromatic ring is 1. The standard InChI is InChI=1S/C11H14N4O/c1-15-11(13-7-14-15)6-10(16)8-2-4-9(12)5-3-8/h2-5,7,10,16H,6,12H2,1H3. The van der Waals surface area contributed by atoms with E-state index in [0.29, 0.717) is 12.1 Å². The van der Waals surface area contributed by atoms with Crippen molar-refractivity contribution in [3.63, 3.8) is 0 Å². The van der Waals surface area contributed by atoms with Crippen LogP contribution < -0.4 is 5.73 Å². The van der Waals surface area contributed by atoms with Crippen LogP contribution in [0, 0.1) is 0 Å². The quantitative estimate of drug-likeness (QED) is 0.742. The van der Waals surface area contributed by atoms with E-state index in [0.717, 1.165) is 11.4 Å². The van der Waals surface area contributed by atoms with Crippen LogP contribution in [0.1, 0.15) is 17.5 Å². The minimum Gasteiger partial charge on any atom is -0.399 e. The molecule has 1 aromatic heterocycles. The highest BCUT2D eigenvalue weighted by Crippen LogP contribution is 2.17. The number of aliphatic hydroxyl groups is 1. The van der Waals surface area contributed by atoms with Gasteiger partial charge in [-0.05, 0) is 17.7 Å². The predicted molar refractivity (Wildman–Crippen MR) is 60.5 cm³/mol. The molecule has 0 radical (unpaired) electrons. The van der Waals surface area contributed by atoms with Gasteiger partial charge in [-0.2, -0.15) is 5.10 Å². The molecule has 5 heteroatoms. The Balaban J connectivity index is 2.11. The molecule has 0 saturated carbocycles. The molecule has 0 aliphatic rings. The summed E-state index contributed by atoms with van der Waals surface area (Å²) in [4.78, 5) is 4.07. The summed E-state index contributed by atoms with van der Waals surface area (Å²) in [6.07, 6.45) is 1.34. The smallest absolute Gasteiger partial charge is 0.138 e. The van der Waals surface area contributed by atoms with Gasteiger partial charge in [-0.3, -0.25) is 4.68 Å². The maximum atomic E-state index is 9.99. The molecule has 84 valence electrons. The summed E-state index contributed by atoms with van der Waals surface area (Å²) in [7, 11) is 1.80. The molecular formula is C11H14N4O. The van der Waals surface area contributed by atoms with E-state index in [9.17, 15) is 5.11 Å². The van der Waals surface area contributed by atoms with Gasteiger partial charge in [-0.25, -0.2) is 4.98 Å². The van der Waals surface area contributed by atoms with Gasteiger partial charge in [0.05, 0.1) is 6.10 Å². The molecule has 0 fully saturated rings. The zero-order valence-corrected chi connectivity index (χ0v) is 9.04. The lowest BCUT2D eigenvalue weighted by molar-refractivity contribution is 0.174. The number of rotatable bonds is 3. The molecule has 0 spiro atoms. The van der Waals surface area contributed by atoms with Crippen molar-refractivity contribution in [3.8, 4) is 0 Å². The van der Waals surface area contributed by atoms with Gasteiger partial charge in [0.15, 0.2) is 0 Å². The molecule has 2 rings (SSSR count). The number of hydrogen-bond acceptors (Lipinski definition) is 4. The first-order valence-electron chi connectivity index (χ1n) is 5.03. The zero-order chi connectivity index (χ0) is 11.5. The van der Waals surface area contributed by atoms with Crippen molar-refractivity contribution in [1.29, 1.82) is 0 Å². The summed E-state index contributed by atoms with van der Waals surface area (Å²) >= 11 is 0. The Morgan fingerprint density at radius 3 is 2.62 bits per heavy atom. The highest BCUT2D eigenvalue weighted by atomic mass is 16.3. The third kappa shape index (κ3) is 2.20. The highest BCUT2D eigenvalue weighted by molar-refractivity contribution is 5.39. The zero-order valence-electron chi connectivity index (χ0n) is 9.04. The number of hydrogen-bond donors (Lipinski definition) is 2. The fourth-order valence-electron chi connectivity index (χ4n) is 1.51. The molecule has 0 aliphatic carbocycles. The molecule has 1 aromatic carbocycles. The third-order valence-corrected chi connectivity index (χ3v) is 2.50. The second kappa shape index (κ2) is 4.32. The minimum absolute atomic E-state index is 0.445. The van der Waals surface area contributed by atoms with E-state index in [1.165, 1.54) is 6.33 Å². The van der Waals surface area contributed by atoms with Crippen LogP contribution in [0.4, 0.5) is 5.69 Å². The van der Waals surface area contributed by atoms with Crippen molar-refractivity contribution >= 4 is 5.69 Å². The Morgan fingerprint density at radius 2 is 2.06 bits per heavy atom. The first-order chi connectivity index (χ1) is 7.66. The van der Waals surface area contributed by atoms with Gasteiger partial charge in [0.1, 0.15) is 12.2 Å². The molecule has 16 heavy (non-hydrogen) atoms. The van der Waals surface area contributed by atoms with Crippen LogP contribution in [0.25, 0.3) is 0 Å². The molecule has 0 bridgehead atoms. The van der Waals surface area contributed by atoms with Crippen molar-refractivity contribution in [2.75, 3.05) is 5.73 Å². The molecule has 0 aliphatic heterocycles. The number of benzene rings is 1. The van der Waals surface area contributed by atoms with E-state index in [-0.39, 0.29) is 0 Å². The average Bonchev–Trinajstić information content (AvgIpc) is 2.65. The van der Waals surface area contributed by atoms with Crippen molar-refractivity contribution in [3.05, 3.63) is 42.0 Å². The molecule has 0 amide bonds. The largest absolute Gasteiger partial charge is 0.399 e. The molecule has 1 atom stereocenters. The molecule has 1 unspecified atom stereocenters. The van der Waals surface area contributed by atoms with Crippen molar-refractivity contribution < 1.29 is 5.11 Å². The van der Waals surface area contributed by atoms with Crippen LogP contribution in [0.3, 0.4) is 0 Å². The van der Waals surface area contributed by atoms with Crippen LogP contribution in [0.5, 0.6) is 0 Å².